The Morgan fingerprint density at radius 2 is 1.73 bits per heavy atom. The van der Waals surface area contributed by atoms with E-state index in [-0.39, 0.29) is 5.91 Å². The molecule has 0 unspecified atom stereocenters. The molecule has 0 aromatic heterocycles. The van der Waals surface area contributed by atoms with E-state index in [9.17, 15) is 4.79 Å². The summed E-state index contributed by atoms with van der Waals surface area (Å²) >= 11 is 5.87. The van der Waals surface area contributed by atoms with E-state index < -0.39 is 6.10 Å². The number of hydrogen-bond acceptors (Lipinski definition) is 3. The lowest BCUT2D eigenvalue weighted by Crippen LogP contribution is -2.33. The Morgan fingerprint density at radius 3 is 2.46 bits per heavy atom. The van der Waals surface area contributed by atoms with Crippen molar-refractivity contribution in [2.75, 3.05) is 0 Å². The van der Waals surface area contributed by atoms with E-state index in [1.165, 1.54) is 0 Å². The van der Waals surface area contributed by atoms with Crippen LogP contribution < -0.4 is 10.2 Å². The normalized spacial score (nSPS) is 12.7. The minimum Gasteiger partial charge on any atom is -0.481 e. The van der Waals surface area contributed by atoms with Crippen LogP contribution >= 0.6 is 11.6 Å². The maximum absolute atomic E-state index is 12.2. The van der Waals surface area contributed by atoms with Crippen LogP contribution in [-0.4, -0.2) is 17.7 Å². The zero-order valence-corrected chi connectivity index (χ0v) is 15.3. The summed E-state index contributed by atoms with van der Waals surface area (Å²) < 4.78 is 5.74. The summed E-state index contributed by atoms with van der Waals surface area (Å²) in [5, 5.41) is 6.98. The van der Waals surface area contributed by atoms with Crippen LogP contribution in [0.1, 0.15) is 19.4 Å². The van der Waals surface area contributed by atoms with Gasteiger partial charge in [0.05, 0.1) is 5.71 Å². The molecule has 0 aliphatic carbocycles. The van der Waals surface area contributed by atoms with Crippen molar-refractivity contribution >= 4 is 34.0 Å². The fraction of sp³-hybridized carbons (Fsp3) is 0.143. The molecule has 1 N–H and O–H groups in total. The van der Waals surface area contributed by atoms with Crippen LogP contribution in [0.4, 0.5) is 0 Å². The van der Waals surface area contributed by atoms with Crippen LogP contribution in [0.3, 0.4) is 0 Å². The molecular formula is C21H19ClN2O2. The molecule has 1 amide bonds. The van der Waals surface area contributed by atoms with Gasteiger partial charge in [-0.3, -0.25) is 4.79 Å². The Hall–Kier alpha value is -2.85. The summed E-state index contributed by atoms with van der Waals surface area (Å²) in [6.07, 6.45) is -0.669. The van der Waals surface area contributed by atoms with Crippen molar-refractivity contribution in [3.63, 3.8) is 0 Å². The summed E-state index contributed by atoms with van der Waals surface area (Å²) in [4.78, 5) is 12.2. The van der Waals surface area contributed by atoms with E-state index in [0.717, 1.165) is 16.3 Å². The lowest BCUT2D eigenvalue weighted by atomic mass is 10.1. The first-order valence-corrected chi connectivity index (χ1v) is 8.66. The lowest BCUT2D eigenvalue weighted by molar-refractivity contribution is -0.127. The molecule has 5 heteroatoms. The number of ether oxygens (including phenoxy) is 1. The molecule has 132 valence electrons. The number of hydrazone groups is 1. The first-order chi connectivity index (χ1) is 12.5. The molecule has 0 spiro atoms. The molecule has 0 fully saturated rings. The fourth-order valence-corrected chi connectivity index (χ4v) is 2.61. The van der Waals surface area contributed by atoms with Gasteiger partial charge in [0.25, 0.3) is 5.91 Å². The highest BCUT2D eigenvalue weighted by atomic mass is 35.5. The van der Waals surface area contributed by atoms with Crippen LogP contribution in [0.25, 0.3) is 10.8 Å². The van der Waals surface area contributed by atoms with E-state index in [0.29, 0.717) is 16.5 Å². The monoisotopic (exact) mass is 366 g/mol. The smallest absolute Gasteiger partial charge is 0.280 e. The van der Waals surface area contributed by atoms with Crippen LogP contribution in [0, 0.1) is 0 Å². The SMILES string of the molecule is C/C(=N\NC(=O)[C@H](C)Oc1ccc2ccccc2c1)c1ccc(Cl)cc1. The van der Waals surface area contributed by atoms with Gasteiger partial charge in [-0.1, -0.05) is 54.1 Å². The second-order valence-electron chi connectivity index (χ2n) is 5.95. The number of carbonyl (C=O) groups is 1. The van der Waals surface area contributed by atoms with Gasteiger partial charge in [0.15, 0.2) is 6.10 Å². The van der Waals surface area contributed by atoms with Gasteiger partial charge in [-0.25, -0.2) is 5.43 Å². The zero-order chi connectivity index (χ0) is 18.5. The van der Waals surface area contributed by atoms with Crippen molar-refractivity contribution < 1.29 is 9.53 Å². The second kappa shape index (κ2) is 8.02. The Bertz CT molecular complexity index is 952. The number of benzene rings is 3. The van der Waals surface area contributed by atoms with Crippen molar-refractivity contribution in [2.45, 2.75) is 20.0 Å². The largest absolute Gasteiger partial charge is 0.481 e. The Kier molecular flexibility index (Phi) is 5.54. The Balaban J connectivity index is 1.63. The molecule has 0 bridgehead atoms. The number of carbonyl (C=O) groups excluding carboxylic acids is 1. The molecular weight excluding hydrogens is 348 g/mol. The highest BCUT2D eigenvalue weighted by Crippen LogP contribution is 2.21. The van der Waals surface area contributed by atoms with Gasteiger partial charge in [0.1, 0.15) is 5.75 Å². The zero-order valence-electron chi connectivity index (χ0n) is 14.6. The molecule has 3 rings (SSSR count). The van der Waals surface area contributed by atoms with Gasteiger partial charge in [0, 0.05) is 5.02 Å². The molecule has 26 heavy (non-hydrogen) atoms. The van der Waals surface area contributed by atoms with Crippen molar-refractivity contribution in [1.29, 1.82) is 0 Å². The third kappa shape index (κ3) is 4.41. The Labute approximate surface area is 157 Å². The quantitative estimate of drug-likeness (QED) is 0.520. The summed E-state index contributed by atoms with van der Waals surface area (Å²) in [6, 6.07) is 21.0. The van der Waals surface area contributed by atoms with Gasteiger partial charge in [-0.2, -0.15) is 5.10 Å². The number of hydrogen-bond donors (Lipinski definition) is 1. The standard InChI is InChI=1S/C21H19ClN2O2/c1-14(16-7-10-19(22)11-8-16)23-24-21(25)15(2)26-20-12-9-17-5-3-4-6-18(17)13-20/h3-13,15H,1-2H3,(H,24,25)/b23-14+/t15-/m0/s1. The van der Waals surface area contributed by atoms with E-state index in [1.807, 2.05) is 61.5 Å². The summed E-state index contributed by atoms with van der Waals surface area (Å²) in [5.41, 5.74) is 4.12. The minimum absolute atomic E-state index is 0.313. The number of nitrogens with one attached hydrogen (secondary N) is 1. The summed E-state index contributed by atoms with van der Waals surface area (Å²) in [5.74, 6) is 0.330. The van der Waals surface area contributed by atoms with Crippen molar-refractivity contribution in [2.24, 2.45) is 5.10 Å². The predicted octanol–water partition coefficient (Wildman–Crippen LogP) is 4.80. The summed E-state index contributed by atoms with van der Waals surface area (Å²) in [7, 11) is 0. The lowest BCUT2D eigenvalue weighted by Gasteiger charge is -2.14. The molecule has 0 radical (unpaired) electrons. The van der Waals surface area contributed by atoms with Crippen molar-refractivity contribution in [3.05, 3.63) is 77.3 Å². The first-order valence-electron chi connectivity index (χ1n) is 8.28. The first kappa shape index (κ1) is 18.0. The van der Waals surface area contributed by atoms with E-state index in [1.54, 1.807) is 19.1 Å². The average molecular weight is 367 g/mol. The number of nitrogens with zero attached hydrogens (tertiary/aromatic N) is 1. The molecule has 0 heterocycles. The van der Waals surface area contributed by atoms with Crippen molar-refractivity contribution in [3.8, 4) is 5.75 Å². The number of rotatable bonds is 5. The van der Waals surface area contributed by atoms with Gasteiger partial charge >= 0.3 is 0 Å². The van der Waals surface area contributed by atoms with Gasteiger partial charge in [-0.05, 0) is 54.4 Å². The van der Waals surface area contributed by atoms with E-state index >= 15 is 0 Å². The molecule has 0 saturated carbocycles. The van der Waals surface area contributed by atoms with Gasteiger partial charge in [0.2, 0.25) is 0 Å². The van der Waals surface area contributed by atoms with E-state index in [2.05, 4.69) is 10.5 Å². The van der Waals surface area contributed by atoms with E-state index in [4.69, 9.17) is 16.3 Å². The molecule has 0 aliphatic heterocycles. The van der Waals surface area contributed by atoms with Crippen LogP contribution in [0.5, 0.6) is 5.75 Å². The second-order valence-corrected chi connectivity index (χ2v) is 6.39. The van der Waals surface area contributed by atoms with Crippen LogP contribution in [-0.2, 0) is 4.79 Å². The van der Waals surface area contributed by atoms with Crippen LogP contribution in [0.15, 0.2) is 71.8 Å². The molecule has 0 saturated heterocycles. The van der Waals surface area contributed by atoms with Gasteiger partial charge < -0.3 is 4.74 Å². The third-order valence-electron chi connectivity index (χ3n) is 4.00. The highest BCUT2D eigenvalue weighted by molar-refractivity contribution is 6.30. The minimum atomic E-state index is -0.669. The maximum atomic E-state index is 12.2. The maximum Gasteiger partial charge on any atom is 0.280 e. The summed E-state index contributed by atoms with van der Waals surface area (Å²) in [6.45, 7) is 3.51. The molecule has 0 aliphatic rings. The molecule has 1 atom stereocenters. The molecule has 4 nitrogen and oxygen atoms in total. The topological polar surface area (TPSA) is 50.7 Å². The van der Waals surface area contributed by atoms with Crippen molar-refractivity contribution in [1.82, 2.24) is 5.43 Å². The Morgan fingerprint density at radius 1 is 1.04 bits per heavy atom. The predicted molar refractivity (Wildman–Crippen MR) is 106 cm³/mol. The average Bonchev–Trinajstić information content (AvgIpc) is 2.66. The fourth-order valence-electron chi connectivity index (χ4n) is 2.48. The molecule has 3 aromatic carbocycles. The molecule has 3 aromatic rings. The van der Waals surface area contributed by atoms with Crippen LogP contribution in [0.2, 0.25) is 5.02 Å². The van der Waals surface area contributed by atoms with Gasteiger partial charge in [-0.15, -0.1) is 0 Å². The third-order valence-corrected chi connectivity index (χ3v) is 4.25. The number of amides is 1. The number of fused-ring (bicyclic) bond motifs is 1. The highest BCUT2D eigenvalue weighted by Gasteiger charge is 2.14. The number of halogens is 1.